The molecule has 1 aliphatic carbocycles. The molecule has 0 amide bonds. The van der Waals surface area contributed by atoms with Crippen LogP contribution in [0.3, 0.4) is 0 Å². The average Bonchev–Trinajstić information content (AvgIpc) is 2.46. The van der Waals surface area contributed by atoms with Gasteiger partial charge in [-0.05, 0) is 31.2 Å². The van der Waals surface area contributed by atoms with Crippen molar-refractivity contribution >= 4 is 17.5 Å². The molecule has 1 aromatic heterocycles. The Balaban J connectivity index is 2.08. The molecule has 7 nitrogen and oxygen atoms in total. The average molecular weight is 293 g/mol. The number of nitrogens with zero attached hydrogens (tertiary/aromatic N) is 2. The zero-order chi connectivity index (χ0) is 15.4. The van der Waals surface area contributed by atoms with E-state index in [2.05, 4.69) is 10.3 Å². The first-order valence-electron chi connectivity index (χ1n) is 7.06. The van der Waals surface area contributed by atoms with Crippen LogP contribution in [0.15, 0.2) is 12.3 Å². The van der Waals surface area contributed by atoms with E-state index in [1.165, 1.54) is 6.07 Å². The Hall–Kier alpha value is -2.18. The SMILES string of the molecule is Cc1cnc(NCC2CCCCC2C(=O)O)c([N+](=O)[O-])c1. The number of rotatable bonds is 5. The van der Waals surface area contributed by atoms with E-state index in [-0.39, 0.29) is 23.3 Å². The Kier molecular flexibility index (Phi) is 4.72. The Morgan fingerprint density at radius 1 is 1.52 bits per heavy atom. The van der Waals surface area contributed by atoms with Crippen LogP contribution < -0.4 is 5.32 Å². The summed E-state index contributed by atoms with van der Waals surface area (Å²) in [5.74, 6) is -0.970. The van der Waals surface area contributed by atoms with Gasteiger partial charge in [0.25, 0.3) is 0 Å². The molecule has 1 aromatic rings. The Bertz CT molecular complexity index is 547. The van der Waals surface area contributed by atoms with Crippen molar-refractivity contribution in [3.05, 3.63) is 27.9 Å². The minimum absolute atomic E-state index is 0.0149. The van der Waals surface area contributed by atoms with Gasteiger partial charge in [-0.15, -0.1) is 0 Å². The van der Waals surface area contributed by atoms with E-state index in [4.69, 9.17) is 0 Å². The van der Waals surface area contributed by atoms with Gasteiger partial charge in [0.05, 0.1) is 10.8 Å². The van der Waals surface area contributed by atoms with Gasteiger partial charge in [0.1, 0.15) is 0 Å². The molecule has 0 aromatic carbocycles. The Morgan fingerprint density at radius 3 is 2.90 bits per heavy atom. The number of carboxylic acid groups (broad SMARTS) is 1. The highest BCUT2D eigenvalue weighted by Crippen LogP contribution is 2.31. The summed E-state index contributed by atoms with van der Waals surface area (Å²) < 4.78 is 0. The summed E-state index contributed by atoms with van der Waals surface area (Å²) in [7, 11) is 0. The summed E-state index contributed by atoms with van der Waals surface area (Å²) in [5.41, 5.74) is 0.644. The Morgan fingerprint density at radius 2 is 2.24 bits per heavy atom. The topological polar surface area (TPSA) is 105 Å². The molecule has 21 heavy (non-hydrogen) atoms. The third-order valence-corrected chi connectivity index (χ3v) is 3.96. The number of hydrogen-bond acceptors (Lipinski definition) is 5. The number of hydrogen-bond donors (Lipinski definition) is 2. The standard InChI is InChI=1S/C14H19N3O4/c1-9-6-12(17(20)21)13(15-7-9)16-8-10-4-2-3-5-11(10)14(18)19/h6-7,10-11H,2-5,8H2,1H3,(H,15,16)(H,18,19). The lowest BCUT2D eigenvalue weighted by molar-refractivity contribution is -0.384. The minimum atomic E-state index is -0.784. The second kappa shape index (κ2) is 6.51. The lowest BCUT2D eigenvalue weighted by atomic mass is 9.79. The first kappa shape index (κ1) is 15.2. The van der Waals surface area contributed by atoms with Crippen molar-refractivity contribution in [2.75, 3.05) is 11.9 Å². The summed E-state index contributed by atoms with van der Waals surface area (Å²) in [6.45, 7) is 2.14. The summed E-state index contributed by atoms with van der Waals surface area (Å²) >= 11 is 0. The monoisotopic (exact) mass is 293 g/mol. The van der Waals surface area contributed by atoms with E-state index < -0.39 is 10.9 Å². The van der Waals surface area contributed by atoms with Crippen LogP contribution in [-0.4, -0.2) is 27.5 Å². The van der Waals surface area contributed by atoms with Crippen molar-refractivity contribution < 1.29 is 14.8 Å². The number of nitrogens with one attached hydrogen (secondary N) is 1. The minimum Gasteiger partial charge on any atom is -0.481 e. The summed E-state index contributed by atoms with van der Waals surface area (Å²) in [6, 6.07) is 1.46. The molecule has 0 saturated heterocycles. The van der Waals surface area contributed by atoms with Gasteiger partial charge >= 0.3 is 11.7 Å². The van der Waals surface area contributed by atoms with E-state index >= 15 is 0 Å². The van der Waals surface area contributed by atoms with Crippen molar-refractivity contribution in [3.63, 3.8) is 0 Å². The fourth-order valence-corrected chi connectivity index (χ4v) is 2.83. The molecule has 2 rings (SSSR count). The van der Waals surface area contributed by atoms with Gasteiger partial charge in [-0.2, -0.15) is 0 Å². The number of carbonyl (C=O) groups is 1. The molecule has 7 heteroatoms. The first-order chi connectivity index (χ1) is 9.99. The predicted octanol–water partition coefficient (Wildman–Crippen LogP) is 2.60. The van der Waals surface area contributed by atoms with Gasteiger partial charge in [0, 0.05) is 18.8 Å². The lowest BCUT2D eigenvalue weighted by Crippen LogP contribution is -2.32. The highest BCUT2D eigenvalue weighted by molar-refractivity contribution is 5.70. The van der Waals surface area contributed by atoms with E-state index in [0.29, 0.717) is 18.5 Å². The molecule has 2 atom stereocenters. The number of nitro groups is 1. The van der Waals surface area contributed by atoms with Crippen LogP contribution in [0, 0.1) is 28.9 Å². The molecule has 2 N–H and O–H groups in total. The molecule has 0 aliphatic heterocycles. The van der Waals surface area contributed by atoms with Crippen LogP contribution in [-0.2, 0) is 4.79 Å². The molecular formula is C14H19N3O4. The van der Waals surface area contributed by atoms with E-state index in [1.807, 2.05) is 0 Å². The van der Waals surface area contributed by atoms with E-state index in [9.17, 15) is 20.0 Å². The summed E-state index contributed by atoms with van der Waals surface area (Å²) in [5, 5.41) is 23.2. The zero-order valence-corrected chi connectivity index (χ0v) is 11.9. The van der Waals surface area contributed by atoms with Gasteiger partial charge < -0.3 is 10.4 Å². The van der Waals surface area contributed by atoms with Crippen molar-refractivity contribution in [2.45, 2.75) is 32.6 Å². The van der Waals surface area contributed by atoms with Crippen LogP contribution in [0.25, 0.3) is 0 Å². The second-order valence-electron chi connectivity index (χ2n) is 5.51. The first-order valence-corrected chi connectivity index (χ1v) is 7.06. The van der Waals surface area contributed by atoms with Gasteiger partial charge in [0.2, 0.25) is 5.82 Å². The third kappa shape index (κ3) is 3.68. The van der Waals surface area contributed by atoms with Crippen LogP contribution in [0.4, 0.5) is 11.5 Å². The fraction of sp³-hybridized carbons (Fsp3) is 0.571. The normalized spacial score (nSPS) is 21.8. The molecule has 1 aliphatic rings. The highest BCUT2D eigenvalue weighted by Gasteiger charge is 2.31. The molecule has 0 radical (unpaired) electrons. The molecule has 1 saturated carbocycles. The zero-order valence-electron chi connectivity index (χ0n) is 11.9. The predicted molar refractivity (Wildman–Crippen MR) is 77.2 cm³/mol. The number of carboxylic acids is 1. The number of anilines is 1. The maximum atomic E-state index is 11.2. The van der Waals surface area contributed by atoms with Gasteiger partial charge in [-0.25, -0.2) is 4.98 Å². The van der Waals surface area contributed by atoms with Crippen molar-refractivity contribution in [1.29, 1.82) is 0 Å². The van der Waals surface area contributed by atoms with Gasteiger partial charge in [-0.3, -0.25) is 14.9 Å². The Labute approximate surface area is 122 Å². The third-order valence-electron chi connectivity index (χ3n) is 3.96. The molecule has 114 valence electrons. The van der Waals surface area contributed by atoms with Crippen molar-refractivity contribution in [1.82, 2.24) is 4.98 Å². The number of aliphatic carboxylic acids is 1. The van der Waals surface area contributed by atoms with Crippen molar-refractivity contribution in [2.24, 2.45) is 11.8 Å². The second-order valence-corrected chi connectivity index (χ2v) is 5.51. The molecule has 1 heterocycles. The fourth-order valence-electron chi connectivity index (χ4n) is 2.83. The number of aromatic nitrogens is 1. The molecule has 0 spiro atoms. The smallest absolute Gasteiger partial charge is 0.311 e. The highest BCUT2D eigenvalue weighted by atomic mass is 16.6. The quantitative estimate of drug-likeness (QED) is 0.638. The number of aryl methyl sites for hydroxylation is 1. The largest absolute Gasteiger partial charge is 0.481 e. The van der Waals surface area contributed by atoms with Gasteiger partial charge in [-0.1, -0.05) is 12.8 Å². The molecule has 1 fully saturated rings. The maximum Gasteiger partial charge on any atom is 0.311 e. The maximum absolute atomic E-state index is 11.2. The number of pyridine rings is 1. The van der Waals surface area contributed by atoms with Crippen LogP contribution >= 0.6 is 0 Å². The van der Waals surface area contributed by atoms with E-state index in [1.54, 1.807) is 13.1 Å². The summed E-state index contributed by atoms with van der Waals surface area (Å²) in [4.78, 5) is 25.9. The molecule has 2 unspecified atom stereocenters. The molecular weight excluding hydrogens is 274 g/mol. The molecule has 0 bridgehead atoms. The van der Waals surface area contributed by atoms with Crippen LogP contribution in [0.2, 0.25) is 0 Å². The lowest BCUT2D eigenvalue weighted by Gasteiger charge is -2.28. The van der Waals surface area contributed by atoms with E-state index in [0.717, 1.165) is 19.3 Å². The van der Waals surface area contributed by atoms with Gasteiger partial charge in [0.15, 0.2) is 0 Å². The van der Waals surface area contributed by atoms with Crippen molar-refractivity contribution in [3.8, 4) is 0 Å². The summed E-state index contributed by atoms with van der Waals surface area (Å²) in [6.07, 6.45) is 4.98. The van der Waals surface area contributed by atoms with Crippen LogP contribution in [0.5, 0.6) is 0 Å². The van der Waals surface area contributed by atoms with Crippen LogP contribution in [0.1, 0.15) is 31.2 Å².